The van der Waals surface area contributed by atoms with Crippen molar-refractivity contribution < 1.29 is 4.79 Å². The highest BCUT2D eigenvalue weighted by atomic mass is 35.5. The normalized spacial score (nSPS) is 10.8. The van der Waals surface area contributed by atoms with Gasteiger partial charge in [0.05, 0.1) is 20.7 Å². The van der Waals surface area contributed by atoms with Crippen LogP contribution in [0.25, 0.3) is 10.7 Å². The molecule has 3 N–H and O–H groups in total. The topological polar surface area (TPSA) is 85.8 Å². The van der Waals surface area contributed by atoms with E-state index in [1.165, 1.54) is 27.8 Å². The molecule has 0 aliphatic carbocycles. The Morgan fingerprint density at radius 3 is 2.83 bits per heavy atom. The van der Waals surface area contributed by atoms with Crippen LogP contribution in [-0.2, 0) is 4.79 Å². The highest BCUT2D eigenvalue weighted by Crippen LogP contribution is 2.26. The lowest BCUT2D eigenvalue weighted by molar-refractivity contribution is -0.113. The van der Waals surface area contributed by atoms with Crippen LogP contribution in [0.4, 0.5) is 5.69 Å². The van der Waals surface area contributed by atoms with Gasteiger partial charge in [0, 0.05) is 5.69 Å². The van der Waals surface area contributed by atoms with Crippen molar-refractivity contribution in [3.8, 4) is 10.7 Å². The summed E-state index contributed by atoms with van der Waals surface area (Å²) in [5.74, 6) is 6.48. The number of thiophene rings is 1. The number of carbonyl (C=O) groups excluding carboxylic acids is 1. The minimum Gasteiger partial charge on any atom is -0.335 e. The summed E-state index contributed by atoms with van der Waals surface area (Å²) in [6.07, 6.45) is 0. The third-order valence-corrected chi connectivity index (χ3v) is 5.49. The maximum absolute atomic E-state index is 12.0. The zero-order valence-corrected chi connectivity index (χ0v) is 15.2. The average molecular weight is 400 g/mol. The summed E-state index contributed by atoms with van der Waals surface area (Å²) in [6.45, 7) is 0. The van der Waals surface area contributed by atoms with Crippen LogP contribution in [0.1, 0.15) is 0 Å². The van der Waals surface area contributed by atoms with Crippen LogP contribution in [-0.4, -0.2) is 26.5 Å². The molecule has 2 heterocycles. The number of nitrogens with zero attached hydrogens (tertiary/aromatic N) is 3. The molecule has 0 radical (unpaired) electrons. The number of nitrogens with two attached hydrogens (primary N) is 1. The van der Waals surface area contributed by atoms with Gasteiger partial charge in [-0.15, -0.1) is 21.5 Å². The number of thioether (sulfide) groups is 1. The number of rotatable bonds is 5. The Morgan fingerprint density at radius 1 is 1.29 bits per heavy atom. The first-order valence-electron chi connectivity index (χ1n) is 6.66. The summed E-state index contributed by atoms with van der Waals surface area (Å²) in [6, 6.07) is 8.70. The molecule has 3 rings (SSSR count). The van der Waals surface area contributed by atoms with Gasteiger partial charge in [-0.25, -0.2) is 4.68 Å². The van der Waals surface area contributed by atoms with E-state index in [2.05, 4.69) is 15.5 Å². The zero-order chi connectivity index (χ0) is 17.1. The van der Waals surface area contributed by atoms with Gasteiger partial charge in [0.25, 0.3) is 0 Å². The number of amides is 1. The molecular formula is C14H11Cl2N5OS2. The van der Waals surface area contributed by atoms with Crippen molar-refractivity contribution in [1.29, 1.82) is 0 Å². The lowest BCUT2D eigenvalue weighted by Crippen LogP contribution is -2.16. The molecule has 0 aliphatic rings. The maximum atomic E-state index is 12.0. The van der Waals surface area contributed by atoms with Crippen LogP contribution in [0.15, 0.2) is 40.9 Å². The Kier molecular flexibility index (Phi) is 5.30. The molecule has 0 bridgehead atoms. The molecule has 1 aromatic carbocycles. The molecule has 10 heteroatoms. The average Bonchev–Trinajstić information content (AvgIpc) is 3.19. The molecule has 0 unspecified atom stereocenters. The van der Waals surface area contributed by atoms with Crippen LogP contribution >= 0.6 is 46.3 Å². The highest BCUT2D eigenvalue weighted by molar-refractivity contribution is 7.99. The summed E-state index contributed by atoms with van der Waals surface area (Å²) in [5, 5.41) is 14.0. The Morgan fingerprint density at radius 2 is 2.12 bits per heavy atom. The second-order valence-electron chi connectivity index (χ2n) is 4.62. The van der Waals surface area contributed by atoms with Gasteiger partial charge < -0.3 is 11.2 Å². The lowest BCUT2D eigenvalue weighted by atomic mass is 10.3. The Hall–Kier alpha value is -1.74. The van der Waals surface area contributed by atoms with Gasteiger partial charge >= 0.3 is 0 Å². The number of hydrogen-bond donors (Lipinski definition) is 2. The van der Waals surface area contributed by atoms with E-state index in [-0.39, 0.29) is 11.7 Å². The van der Waals surface area contributed by atoms with E-state index >= 15 is 0 Å². The van der Waals surface area contributed by atoms with Gasteiger partial charge in [-0.1, -0.05) is 41.0 Å². The lowest BCUT2D eigenvalue weighted by Gasteiger charge is -2.06. The molecule has 3 aromatic rings. The van der Waals surface area contributed by atoms with Crippen molar-refractivity contribution in [1.82, 2.24) is 14.9 Å². The van der Waals surface area contributed by atoms with Gasteiger partial charge in [-0.05, 0) is 29.6 Å². The van der Waals surface area contributed by atoms with Crippen LogP contribution in [0, 0.1) is 0 Å². The smallest absolute Gasteiger partial charge is 0.234 e. The van der Waals surface area contributed by atoms with E-state index < -0.39 is 0 Å². The number of nitrogens with one attached hydrogen (secondary N) is 1. The van der Waals surface area contributed by atoms with Crippen molar-refractivity contribution in [3.05, 3.63) is 45.8 Å². The van der Waals surface area contributed by atoms with Crippen molar-refractivity contribution in [3.63, 3.8) is 0 Å². The SMILES string of the molecule is Nn1c(SCC(=O)Nc2ccc(Cl)c(Cl)c2)nnc1-c1cccs1. The molecule has 2 aromatic heterocycles. The molecule has 0 fully saturated rings. The molecule has 0 saturated heterocycles. The van der Waals surface area contributed by atoms with Crippen LogP contribution in [0.5, 0.6) is 0 Å². The third kappa shape index (κ3) is 3.84. The predicted molar refractivity (Wildman–Crippen MR) is 99.3 cm³/mol. The first-order chi connectivity index (χ1) is 11.5. The summed E-state index contributed by atoms with van der Waals surface area (Å²) >= 11 is 14.5. The molecule has 24 heavy (non-hydrogen) atoms. The Bertz CT molecular complexity index is 866. The first kappa shape index (κ1) is 17.1. The van der Waals surface area contributed by atoms with E-state index in [0.29, 0.717) is 26.7 Å². The largest absolute Gasteiger partial charge is 0.335 e. The van der Waals surface area contributed by atoms with Crippen molar-refractivity contribution in [2.24, 2.45) is 0 Å². The monoisotopic (exact) mass is 399 g/mol. The quantitative estimate of drug-likeness (QED) is 0.503. The number of aromatic nitrogens is 3. The van der Waals surface area contributed by atoms with E-state index in [0.717, 1.165) is 4.88 Å². The van der Waals surface area contributed by atoms with Crippen molar-refractivity contribution >= 4 is 57.9 Å². The minimum absolute atomic E-state index is 0.139. The fourth-order valence-corrected chi connectivity index (χ4v) is 3.51. The number of hydrogen-bond acceptors (Lipinski definition) is 6. The number of nitrogen functional groups attached to an aromatic ring is 1. The van der Waals surface area contributed by atoms with Gasteiger partial charge in [0.15, 0.2) is 5.82 Å². The van der Waals surface area contributed by atoms with Crippen LogP contribution in [0.3, 0.4) is 0 Å². The molecule has 124 valence electrons. The molecule has 6 nitrogen and oxygen atoms in total. The van der Waals surface area contributed by atoms with E-state index in [1.807, 2.05) is 17.5 Å². The summed E-state index contributed by atoms with van der Waals surface area (Å²) < 4.78 is 1.38. The number of halogens is 2. The highest BCUT2D eigenvalue weighted by Gasteiger charge is 2.14. The molecule has 0 atom stereocenters. The second-order valence-corrected chi connectivity index (χ2v) is 7.32. The van der Waals surface area contributed by atoms with E-state index in [9.17, 15) is 4.79 Å². The number of carbonyl (C=O) groups is 1. The second kappa shape index (κ2) is 7.43. The first-order valence-corrected chi connectivity index (χ1v) is 9.29. The van der Waals surface area contributed by atoms with E-state index in [1.54, 1.807) is 18.2 Å². The predicted octanol–water partition coefficient (Wildman–Crippen LogP) is 3.76. The molecular weight excluding hydrogens is 389 g/mol. The molecule has 0 saturated carbocycles. The zero-order valence-electron chi connectivity index (χ0n) is 12.1. The van der Waals surface area contributed by atoms with Crippen LogP contribution in [0.2, 0.25) is 10.0 Å². The fraction of sp³-hybridized carbons (Fsp3) is 0.0714. The molecule has 1 amide bonds. The minimum atomic E-state index is -0.209. The van der Waals surface area contributed by atoms with E-state index in [4.69, 9.17) is 29.0 Å². The van der Waals surface area contributed by atoms with Gasteiger partial charge in [-0.2, -0.15) is 0 Å². The molecule has 0 aliphatic heterocycles. The number of benzene rings is 1. The van der Waals surface area contributed by atoms with Gasteiger partial charge in [0.1, 0.15) is 0 Å². The maximum Gasteiger partial charge on any atom is 0.234 e. The van der Waals surface area contributed by atoms with Crippen LogP contribution < -0.4 is 11.2 Å². The summed E-state index contributed by atoms with van der Waals surface area (Å²) in [4.78, 5) is 12.9. The molecule has 0 spiro atoms. The standard InChI is InChI=1S/C14H11Cl2N5OS2/c15-9-4-3-8(6-10(9)16)18-12(22)7-24-14-20-19-13(21(14)17)11-2-1-5-23-11/h1-6H,7,17H2,(H,18,22). The Balaban J connectivity index is 1.61. The third-order valence-electron chi connectivity index (χ3n) is 2.94. The summed E-state index contributed by atoms with van der Waals surface area (Å²) in [7, 11) is 0. The Labute approximate surface area is 155 Å². The van der Waals surface area contributed by atoms with Gasteiger partial charge in [0.2, 0.25) is 11.1 Å². The van der Waals surface area contributed by atoms with Crippen molar-refractivity contribution in [2.75, 3.05) is 16.9 Å². The van der Waals surface area contributed by atoms with Gasteiger partial charge in [-0.3, -0.25) is 4.79 Å². The number of anilines is 1. The van der Waals surface area contributed by atoms with Crippen molar-refractivity contribution in [2.45, 2.75) is 5.16 Å². The fourth-order valence-electron chi connectivity index (χ4n) is 1.85. The summed E-state index contributed by atoms with van der Waals surface area (Å²) in [5.41, 5.74) is 0.573.